The van der Waals surface area contributed by atoms with Gasteiger partial charge in [-0.25, -0.2) is 0 Å². The minimum atomic E-state index is -0.179. The van der Waals surface area contributed by atoms with Crippen LogP contribution in [0.1, 0.15) is 6.42 Å². The van der Waals surface area contributed by atoms with E-state index in [0.29, 0.717) is 18.9 Å². The summed E-state index contributed by atoms with van der Waals surface area (Å²) >= 11 is 1.55. The molecule has 9 heteroatoms. The van der Waals surface area contributed by atoms with E-state index in [0.717, 1.165) is 12.0 Å². The quantitative estimate of drug-likeness (QED) is 0.844. The fourth-order valence-electron chi connectivity index (χ4n) is 2.06. The predicted molar refractivity (Wildman–Crippen MR) is 75.3 cm³/mol. The third-order valence-corrected chi connectivity index (χ3v) is 3.81. The van der Waals surface area contributed by atoms with Crippen molar-refractivity contribution in [3.8, 4) is 11.4 Å². The summed E-state index contributed by atoms with van der Waals surface area (Å²) in [5, 5.41) is 18.6. The van der Waals surface area contributed by atoms with Gasteiger partial charge in [0.15, 0.2) is 0 Å². The van der Waals surface area contributed by atoms with Gasteiger partial charge in [-0.3, -0.25) is 9.59 Å². The average Bonchev–Trinajstić information content (AvgIpc) is 3.08. The van der Waals surface area contributed by atoms with E-state index >= 15 is 0 Å². The molecule has 1 aliphatic heterocycles. The molecule has 0 aromatic carbocycles. The number of thiophene rings is 1. The van der Waals surface area contributed by atoms with Crippen LogP contribution in [0.5, 0.6) is 0 Å². The van der Waals surface area contributed by atoms with E-state index in [4.69, 9.17) is 0 Å². The van der Waals surface area contributed by atoms with E-state index in [1.807, 2.05) is 16.8 Å². The molecule has 1 N–H and O–H groups in total. The largest absolute Gasteiger partial charge is 0.354 e. The maximum Gasteiger partial charge on any atom is 0.246 e. The molecule has 0 radical (unpaired) electrons. The molecule has 3 heterocycles. The third kappa shape index (κ3) is 3.24. The summed E-state index contributed by atoms with van der Waals surface area (Å²) in [5.74, 6) is 0.185. The number of carbonyl (C=O) groups excluding carboxylic acids is 2. The number of aromatic nitrogens is 4. The molecule has 3 rings (SSSR count). The van der Waals surface area contributed by atoms with E-state index in [2.05, 4.69) is 20.7 Å². The first-order valence-corrected chi connectivity index (χ1v) is 7.51. The van der Waals surface area contributed by atoms with Crippen LogP contribution in [0.15, 0.2) is 16.8 Å². The molecule has 2 aromatic rings. The van der Waals surface area contributed by atoms with E-state index < -0.39 is 0 Å². The maximum atomic E-state index is 12.2. The van der Waals surface area contributed by atoms with Gasteiger partial charge in [0.2, 0.25) is 17.6 Å². The summed E-state index contributed by atoms with van der Waals surface area (Å²) in [4.78, 5) is 26.4. The third-order valence-electron chi connectivity index (χ3n) is 3.12. The fraction of sp³-hybridized carbons (Fsp3) is 0.417. The van der Waals surface area contributed by atoms with Crippen molar-refractivity contribution in [2.75, 3.05) is 19.6 Å². The molecule has 0 atom stereocenters. The van der Waals surface area contributed by atoms with Crippen LogP contribution in [-0.4, -0.2) is 56.6 Å². The first-order chi connectivity index (χ1) is 10.2. The van der Waals surface area contributed by atoms with Gasteiger partial charge in [0, 0.05) is 24.0 Å². The molecule has 1 fully saturated rings. The Labute approximate surface area is 124 Å². The van der Waals surface area contributed by atoms with E-state index in [9.17, 15) is 9.59 Å². The van der Waals surface area contributed by atoms with Crippen molar-refractivity contribution in [3.63, 3.8) is 0 Å². The van der Waals surface area contributed by atoms with Gasteiger partial charge >= 0.3 is 0 Å². The zero-order valence-corrected chi connectivity index (χ0v) is 12.0. The van der Waals surface area contributed by atoms with Gasteiger partial charge in [-0.1, -0.05) is 0 Å². The average molecular weight is 306 g/mol. The Bertz CT molecular complexity index is 638. The van der Waals surface area contributed by atoms with Crippen molar-refractivity contribution in [2.24, 2.45) is 0 Å². The summed E-state index contributed by atoms with van der Waals surface area (Å²) in [6.07, 6.45) is 0.752. The second kappa shape index (κ2) is 6.00. The number of amides is 2. The minimum absolute atomic E-state index is 0.00951. The van der Waals surface area contributed by atoms with Crippen molar-refractivity contribution >= 4 is 23.2 Å². The van der Waals surface area contributed by atoms with Crippen LogP contribution in [-0.2, 0) is 16.1 Å². The number of tetrazole rings is 1. The molecule has 0 bridgehead atoms. The number of hydrogen-bond acceptors (Lipinski definition) is 6. The molecule has 0 saturated carbocycles. The number of rotatable bonds is 3. The van der Waals surface area contributed by atoms with Crippen molar-refractivity contribution in [1.82, 2.24) is 30.4 Å². The summed E-state index contributed by atoms with van der Waals surface area (Å²) in [6, 6.07) is 1.90. The van der Waals surface area contributed by atoms with Crippen LogP contribution in [0, 0.1) is 0 Å². The normalized spacial score (nSPS) is 15.6. The van der Waals surface area contributed by atoms with Crippen LogP contribution in [0.4, 0.5) is 0 Å². The highest BCUT2D eigenvalue weighted by Crippen LogP contribution is 2.16. The van der Waals surface area contributed by atoms with Gasteiger partial charge in [-0.2, -0.15) is 16.1 Å². The van der Waals surface area contributed by atoms with E-state index in [1.54, 1.807) is 11.3 Å². The minimum Gasteiger partial charge on any atom is -0.354 e. The van der Waals surface area contributed by atoms with Gasteiger partial charge in [-0.15, -0.1) is 10.2 Å². The van der Waals surface area contributed by atoms with Crippen LogP contribution < -0.4 is 5.32 Å². The Morgan fingerprint density at radius 2 is 2.38 bits per heavy atom. The van der Waals surface area contributed by atoms with Gasteiger partial charge in [0.1, 0.15) is 6.54 Å². The Morgan fingerprint density at radius 3 is 3.19 bits per heavy atom. The number of hydrogen-bond donors (Lipinski definition) is 1. The van der Waals surface area contributed by atoms with Crippen molar-refractivity contribution in [3.05, 3.63) is 16.8 Å². The summed E-state index contributed by atoms with van der Waals surface area (Å²) in [7, 11) is 0. The lowest BCUT2D eigenvalue weighted by Gasteiger charge is -2.18. The van der Waals surface area contributed by atoms with Crippen molar-refractivity contribution < 1.29 is 9.59 Å². The summed E-state index contributed by atoms with van der Waals surface area (Å²) < 4.78 is 0. The highest BCUT2D eigenvalue weighted by atomic mass is 32.1. The topological polar surface area (TPSA) is 93.0 Å². The Balaban J connectivity index is 1.66. The molecule has 21 heavy (non-hydrogen) atoms. The Morgan fingerprint density at radius 1 is 1.48 bits per heavy atom. The summed E-state index contributed by atoms with van der Waals surface area (Å²) in [6.45, 7) is 1.24. The first-order valence-electron chi connectivity index (χ1n) is 6.57. The molecule has 1 saturated heterocycles. The number of carbonyl (C=O) groups is 2. The zero-order valence-electron chi connectivity index (χ0n) is 11.2. The van der Waals surface area contributed by atoms with Crippen LogP contribution >= 0.6 is 11.3 Å². The number of nitrogens with zero attached hydrogens (tertiary/aromatic N) is 5. The molecular formula is C12H14N6O2S. The lowest BCUT2D eigenvalue weighted by Crippen LogP contribution is -2.39. The molecule has 0 unspecified atom stereocenters. The lowest BCUT2D eigenvalue weighted by molar-refractivity contribution is -0.136. The molecule has 1 aliphatic rings. The molecule has 2 aromatic heterocycles. The lowest BCUT2D eigenvalue weighted by atomic mass is 10.3. The second-order valence-electron chi connectivity index (χ2n) is 4.67. The van der Waals surface area contributed by atoms with E-state index in [-0.39, 0.29) is 24.9 Å². The van der Waals surface area contributed by atoms with Crippen LogP contribution in [0.3, 0.4) is 0 Å². The van der Waals surface area contributed by atoms with Crippen LogP contribution in [0.2, 0.25) is 0 Å². The molecule has 8 nitrogen and oxygen atoms in total. The predicted octanol–water partition coefficient (Wildman–Crippen LogP) is -0.250. The monoisotopic (exact) mass is 306 g/mol. The maximum absolute atomic E-state index is 12.2. The first kappa shape index (κ1) is 13.7. The van der Waals surface area contributed by atoms with Crippen molar-refractivity contribution in [1.29, 1.82) is 0 Å². The standard InChI is InChI=1S/C12H14N6O2S/c19-10-6-17(4-1-3-13-10)11(20)7-18-15-12(14-16-18)9-2-5-21-8-9/h2,5,8H,1,3-4,6-7H2,(H,13,19). The molecule has 110 valence electrons. The SMILES string of the molecule is O=C1CN(C(=O)Cn2nnc(-c3ccsc3)n2)CCCN1. The Hall–Kier alpha value is -2.29. The smallest absolute Gasteiger partial charge is 0.246 e. The number of nitrogens with one attached hydrogen (secondary N) is 1. The fourth-order valence-corrected chi connectivity index (χ4v) is 2.69. The Kier molecular flexibility index (Phi) is 3.91. The van der Waals surface area contributed by atoms with Gasteiger partial charge in [0.05, 0.1) is 6.54 Å². The highest BCUT2D eigenvalue weighted by molar-refractivity contribution is 7.08. The zero-order chi connectivity index (χ0) is 14.7. The molecule has 2 amide bonds. The molecule has 0 spiro atoms. The van der Waals surface area contributed by atoms with Crippen molar-refractivity contribution in [2.45, 2.75) is 13.0 Å². The van der Waals surface area contributed by atoms with Gasteiger partial charge < -0.3 is 10.2 Å². The second-order valence-corrected chi connectivity index (χ2v) is 5.45. The van der Waals surface area contributed by atoms with E-state index in [1.165, 1.54) is 9.70 Å². The van der Waals surface area contributed by atoms with Crippen LogP contribution in [0.25, 0.3) is 11.4 Å². The summed E-state index contributed by atoms with van der Waals surface area (Å²) in [5.41, 5.74) is 0.882. The molecular weight excluding hydrogens is 292 g/mol. The van der Waals surface area contributed by atoms with Gasteiger partial charge in [0.25, 0.3) is 0 Å². The molecule has 0 aliphatic carbocycles. The van der Waals surface area contributed by atoms with Gasteiger partial charge in [-0.05, 0) is 23.1 Å². The highest BCUT2D eigenvalue weighted by Gasteiger charge is 2.20.